The topological polar surface area (TPSA) is 32.3 Å². The van der Waals surface area contributed by atoms with E-state index in [4.69, 9.17) is 0 Å². The van der Waals surface area contributed by atoms with E-state index in [0.717, 1.165) is 11.7 Å². The van der Waals surface area contributed by atoms with Gasteiger partial charge in [0.2, 0.25) is 0 Å². The Balaban J connectivity index is 1.86. The molecule has 0 aliphatic heterocycles. The molecule has 19 heavy (non-hydrogen) atoms. The van der Waals surface area contributed by atoms with Gasteiger partial charge in [0.05, 0.1) is 0 Å². The summed E-state index contributed by atoms with van der Waals surface area (Å²) in [6.07, 6.45) is 8.67. The van der Waals surface area contributed by atoms with Crippen LogP contribution in [0.5, 0.6) is 5.75 Å². The first-order chi connectivity index (χ1) is 9.19. The molecule has 2 nitrogen and oxygen atoms in total. The second-order valence-corrected chi connectivity index (χ2v) is 6.68. The van der Waals surface area contributed by atoms with Crippen LogP contribution in [0.1, 0.15) is 38.2 Å². The average molecular weight is 279 g/mol. The molecule has 3 unspecified atom stereocenters. The second kappa shape index (κ2) is 7.20. The van der Waals surface area contributed by atoms with Gasteiger partial charge in [0, 0.05) is 17.3 Å². The number of rotatable bonds is 5. The van der Waals surface area contributed by atoms with Gasteiger partial charge >= 0.3 is 0 Å². The first-order valence-electron chi connectivity index (χ1n) is 7.26. The number of phenolic OH excluding ortho intramolecular Hbond substituents is 1. The van der Waals surface area contributed by atoms with Crippen LogP contribution in [-0.2, 0) is 6.42 Å². The van der Waals surface area contributed by atoms with E-state index in [1.54, 1.807) is 12.1 Å². The van der Waals surface area contributed by atoms with Gasteiger partial charge in [-0.3, -0.25) is 0 Å². The highest BCUT2D eigenvalue weighted by molar-refractivity contribution is 7.99. The van der Waals surface area contributed by atoms with E-state index in [1.165, 1.54) is 31.2 Å². The van der Waals surface area contributed by atoms with Crippen LogP contribution in [0.25, 0.3) is 0 Å². The quantitative estimate of drug-likeness (QED) is 0.864. The van der Waals surface area contributed by atoms with Crippen molar-refractivity contribution >= 4 is 11.8 Å². The lowest BCUT2D eigenvalue weighted by atomic mass is 9.93. The predicted octanol–water partition coefficient (Wildman–Crippen LogP) is 3.59. The maximum Gasteiger partial charge on any atom is 0.115 e. The van der Waals surface area contributed by atoms with E-state index >= 15 is 0 Å². The summed E-state index contributed by atoms with van der Waals surface area (Å²) in [6.45, 7) is 2.26. The normalized spacial score (nSPS) is 25.2. The van der Waals surface area contributed by atoms with Crippen LogP contribution in [0, 0.1) is 0 Å². The number of hydrogen-bond acceptors (Lipinski definition) is 3. The summed E-state index contributed by atoms with van der Waals surface area (Å²) in [5.41, 5.74) is 1.29. The first-order valence-corrected chi connectivity index (χ1v) is 8.54. The number of thioether (sulfide) groups is 1. The summed E-state index contributed by atoms with van der Waals surface area (Å²) >= 11 is 2.01. The zero-order valence-corrected chi connectivity index (χ0v) is 12.7. The van der Waals surface area contributed by atoms with Crippen molar-refractivity contribution in [2.45, 2.75) is 56.4 Å². The van der Waals surface area contributed by atoms with Crippen LogP contribution >= 0.6 is 11.8 Å². The third-order valence-electron chi connectivity index (χ3n) is 3.98. The molecule has 3 heteroatoms. The molecule has 2 rings (SSSR count). The molecule has 0 amide bonds. The molecule has 1 saturated carbocycles. The summed E-state index contributed by atoms with van der Waals surface area (Å²) in [5.74, 6) is 0.346. The highest BCUT2D eigenvalue weighted by atomic mass is 32.2. The Bertz CT molecular complexity index is 379. The second-order valence-electron chi connectivity index (χ2n) is 5.60. The lowest BCUT2D eigenvalue weighted by molar-refractivity contribution is 0.352. The van der Waals surface area contributed by atoms with Crippen molar-refractivity contribution in [3.8, 4) is 5.75 Å². The Morgan fingerprint density at radius 1 is 1.26 bits per heavy atom. The molecule has 1 aromatic carbocycles. The van der Waals surface area contributed by atoms with Gasteiger partial charge in [-0.1, -0.05) is 25.0 Å². The molecule has 106 valence electrons. The predicted molar refractivity (Wildman–Crippen MR) is 84.0 cm³/mol. The van der Waals surface area contributed by atoms with Crippen molar-refractivity contribution in [2.24, 2.45) is 0 Å². The van der Waals surface area contributed by atoms with E-state index in [0.29, 0.717) is 17.8 Å². The van der Waals surface area contributed by atoms with Crippen LogP contribution in [-0.4, -0.2) is 28.7 Å². The van der Waals surface area contributed by atoms with Gasteiger partial charge in [0.15, 0.2) is 0 Å². The fourth-order valence-corrected chi connectivity index (χ4v) is 3.93. The fourth-order valence-electron chi connectivity index (χ4n) is 2.98. The smallest absolute Gasteiger partial charge is 0.115 e. The molecule has 2 N–H and O–H groups in total. The van der Waals surface area contributed by atoms with E-state index in [9.17, 15) is 5.11 Å². The Morgan fingerprint density at radius 2 is 1.95 bits per heavy atom. The SMILES string of the molecule is CSC1CCCCC1NC(C)Cc1ccc(O)cc1. The Kier molecular flexibility index (Phi) is 5.59. The maximum absolute atomic E-state index is 9.30. The molecule has 1 aliphatic carbocycles. The minimum absolute atomic E-state index is 0.346. The van der Waals surface area contributed by atoms with Gasteiger partial charge in [-0.05, 0) is 50.1 Å². The Hall–Kier alpha value is -0.670. The summed E-state index contributed by atoms with van der Waals surface area (Å²) in [7, 11) is 0. The average Bonchev–Trinajstić information content (AvgIpc) is 2.42. The van der Waals surface area contributed by atoms with E-state index in [-0.39, 0.29) is 0 Å². The molecular formula is C16H25NOS. The highest BCUT2D eigenvalue weighted by Gasteiger charge is 2.25. The molecule has 0 aromatic heterocycles. The lowest BCUT2D eigenvalue weighted by Gasteiger charge is -2.33. The number of phenols is 1. The zero-order valence-electron chi connectivity index (χ0n) is 11.9. The summed E-state index contributed by atoms with van der Waals surface area (Å²) in [4.78, 5) is 0. The number of hydrogen-bond donors (Lipinski definition) is 2. The van der Waals surface area contributed by atoms with Crippen LogP contribution in [0.15, 0.2) is 24.3 Å². The molecule has 0 saturated heterocycles. The highest BCUT2D eigenvalue weighted by Crippen LogP contribution is 2.27. The van der Waals surface area contributed by atoms with Gasteiger partial charge in [0.1, 0.15) is 5.75 Å². The molecular weight excluding hydrogens is 254 g/mol. The zero-order chi connectivity index (χ0) is 13.7. The fraction of sp³-hybridized carbons (Fsp3) is 0.625. The Morgan fingerprint density at radius 3 is 2.63 bits per heavy atom. The van der Waals surface area contributed by atoms with Crippen molar-refractivity contribution in [3.63, 3.8) is 0 Å². The molecule has 0 radical (unpaired) electrons. The largest absolute Gasteiger partial charge is 0.508 e. The molecule has 0 spiro atoms. The lowest BCUT2D eigenvalue weighted by Crippen LogP contribution is -2.45. The summed E-state index contributed by atoms with van der Waals surface area (Å²) < 4.78 is 0. The Labute approximate surface area is 121 Å². The van der Waals surface area contributed by atoms with Crippen LogP contribution in [0.4, 0.5) is 0 Å². The number of benzene rings is 1. The van der Waals surface area contributed by atoms with Crippen molar-refractivity contribution in [1.29, 1.82) is 0 Å². The van der Waals surface area contributed by atoms with Gasteiger partial charge in [-0.15, -0.1) is 0 Å². The van der Waals surface area contributed by atoms with Crippen molar-refractivity contribution in [3.05, 3.63) is 29.8 Å². The van der Waals surface area contributed by atoms with E-state index in [2.05, 4.69) is 18.5 Å². The number of nitrogens with one attached hydrogen (secondary N) is 1. The first kappa shape index (κ1) is 14.7. The minimum atomic E-state index is 0.346. The van der Waals surface area contributed by atoms with E-state index < -0.39 is 0 Å². The van der Waals surface area contributed by atoms with Crippen molar-refractivity contribution < 1.29 is 5.11 Å². The van der Waals surface area contributed by atoms with Gasteiger partial charge in [-0.25, -0.2) is 0 Å². The van der Waals surface area contributed by atoms with Crippen molar-refractivity contribution in [2.75, 3.05) is 6.26 Å². The summed E-state index contributed by atoms with van der Waals surface area (Å²) in [5, 5.41) is 13.9. The van der Waals surface area contributed by atoms with Crippen LogP contribution < -0.4 is 5.32 Å². The van der Waals surface area contributed by atoms with Crippen LogP contribution in [0.2, 0.25) is 0 Å². The molecule has 1 aromatic rings. The molecule has 0 heterocycles. The monoisotopic (exact) mass is 279 g/mol. The number of aromatic hydroxyl groups is 1. The standard InChI is InChI=1S/C16H25NOS/c1-12(11-13-7-9-14(18)10-8-13)17-15-5-3-4-6-16(15)19-2/h7-10,12,15-18H,3-6,11H2,1-2H3. The molecule has 1 aliphatic rings. The molecule has 0 bridgehead atoms. The minimum Gasteiger partial charge on any atom is -0.508 e. The van der Waals surface area contributed by atoms with Gasteiger partial charge < -0.3 is 10.4 Å². The maximum atomic E-state index is 9.30. The summed E-state index contributed by atoms with van der Waals surface area (Å²) in [6, 6.07) is 8.72. The van der Waals surface area contributed by atoms with Gasteiger partial charge in [-0.2, -0.15) is 11.8 Å². The van der Waals surface area contributed by atoms with Crippen molar-refractivity contribution in [1.82, 2.24) is 5.32 Å². The third kappa shape index (κ3) is 4.43. The van der Waals surface area contributed by atoms with Crippen LogP contribution in [0.3, 0.4) is 0 Å². The molecule has 3 atom stereocenters. The third-order valence-corrected chi connectivity index (χ3v) is 5.15. The molecule has 1 fully saturated rings. The van der Waals surface area contributed by atoms with Gasteiger partial charge in [0.25, 0.3) is 0 Å². The van der Waals surface area contributed by atoms with E-state index in [1.807, 2.05) is 23.9 Å².